The van der Waals surface area contributed by atoms with E-state index in [0.29, 0.717) is 19.8 Å². The van der Waals surface area contributed by atoms with Crippen LogP contribution in [0.1, 0.15) is 27.2 Å². The molecule has 5 heteroatoms. The van der Waals surface area contributed by atoms with Crippen molar-refractivity contribution in [1.29, 1.82) is 0 Å². The molecule has 5 nitrogen and oxygen atoms in total. The van der Waals surface area contributed by atoms with Crippen LogP contribution in [0.3, 0.4) is 0 Å². The third-order valence-electron chi connectivity index (χ3n) is 2.32. The van der Waals surface area contributed by atoms with E-state index >= 15 is 0 Å². The van der Waals surface area contributed by atoms with Crippen LogP contribution in [-0.2, 0) is 18.9 Å². The van der Waals surface area contributed by atoms with Gasteiger partial charge in [-0.25, -0.2) is 4.79 Å². The normalized spacial score (nSPS) is 31.0. The zero-order valence-electron chi connectivity index (χ0n) is 9.45. The van der Waals surface area contributed by atoms with E-state index in [1.54, 1.807) is 6.92 Å². The molecule has 0 aromatic rings. The molecule has 0 aromatic heterocycles. The topological polar surface area (TPSA) is 54.0 Å². The van der Waals surface area contributed by atoms with Crippen LogP contribution < -0.4 is 0 Å². The second kappa shape index (κ2) is 5.32. The maximum atomic E-state index is 11.0. The zero-order valence-corrected chi connectivity index (χ0v) is 9.45. The fraction of sp³-hybridized carbons (Fsp3) is 0.900. The first-order chi connectivity index (χ1) is 7.09. The molecule has 1 fully saturated rings. The number of ether oxygens (including phenoxy) is 4. The summed E-state index contributed by atoms with van der Waals surface area (Å²) in [6, 6.07) is 0. The van der Waals surface area contributed by atoms with Crippen molar-refractivity contribution in [3.05, 3.63) is 0 Å². The molecule has 1 aliphatic heterocycles. The lowest BCUT2D eigenvalue weighted by molar-refractivity contribution is -0.284. The van der Waals surface area contributed by atoms with Crippen LogP contribution in [-0.4, -0.2) is 37.9 Å². The van der Waals surface area contributed by atoms with Gasteiger partial charge in [0.1, 0.15) is 0 Å². The SMILES string of the molecule is CCOC(=O)OC1COC(C)(CC)OC1. The highest BCUT2D eigenvalue weighted by Crippen LogP contribution is 2.22. The molecule has 0 saturated carbocycles. The molecule has 0 atom stereocenters. The summed E-state index contributed by atoms with van der Waals surface area (Å²) >= 11 is 0. The molecule has 0 spiro atoms. The Labute approximate surface area is 89.6 Å². The van der Waals surface area contributed by atoms with E-state index in [9.17, 15) is 4.79 Å². The average Bonchev–Trinajstić information content (AvgIpc) is 2.22. The van der Waals surface area contributed by atoms with Crippen molar-refractivity contribution in [2.75, 3.05) is 19.8 Å². The maximum absolute atomic E-state index is 11.0. The Morgan fingerprint density at radius 2 is 2.00 bits per heavy atom. The number of carbonyl (C=O) groups is 1. The van der Waals surface area contributed by atoms with Crippen LogP contribution in [0.15, 0.2) is 0 Å². The molecule has 0 unspecified atom stereocenters. The first-order valence-electron chi connectivity index (χ1n) is 5.21. The Morgan fingerprint density at radius 3 is 2.47 bits per heavy atom. The molecule has 1 aliphatic rings. The van der Waals surface area contributed by atoms with Gasteiger partial charge in [-0.2, -0.15) is 0 Å². The third kappa shape index (κ3) is 3.68. The van der Waals surface area contributed by atoms with Gasteiger partial charge in [-0.15, -0.1) is 0 Å². The van der Waals surface area contributed by atoms with Crippen molar-refractivity contribution in [3.8, 4) is 0 Å². The van der Waals surface area contributed by atoms with E-state index in [2.05, 4.69) is 4.74 Å². The molecular formula is C10H18O5. The molecule has 0 aliphatic carbocycles. The van der Waals surface area contributed by atoms with Crippen molar-refractivity contribution in [2.45, 2.75) is 39.1 Å². The highest BCUT2D eigenvalue weighted by atomic mass is 16.8. The van der Waals surface area contributed by atoms with Gasteiger partial charge in [0.25, 0.3) is 0 Å². The van der Waals surface area contributed by atoms with E-state index in [0.717, 1.165) is 6.42 Å². The van der Waals surface area contributed by atoms with Gasteiger partial charge in [0.2, 0.25) is 0 Å². The summed E-state index contributed by atoms with van der Waals surface area (Å²) in [6.45, 7) is 6.58. The van der Waals surface area contributed by atoms with E-state index in [4.69, 9.17) is 14.2 Å². The van der Waals surface area contributed by atoms with E-state index in [-0.39, 0.29) is 6.10 Å². The van der Waals surface area contributed by atoms with Crippen molar-refractivity contribution < 1.29 is 23.7 Å². The van der Waals surface area contributed by atoms with Gasteiger partial charge >= 0.3 is 6.16 Å². The molecule has 88 valence electrons. The van der Waals surface area contributed by atoms with Gasteiger partial charge in [-0.3, -0.25) is 0 Å². The van der Waals surface area contributed by atoms with E-state index < -0.39 is 11.9 Å². The Balaban J connectivity index is 2.28. The number of rotatable bonds is 3. The fourth-order valence-electron chi connectivity index (χ4n) is 1.19. The Kier molecular flexibility index (Phi) is 4.35. The largest absolute Gasteiger partial charge is 0.508 e. The number of hydrogen-bond acceptors (Lipinski definition) is 5. The lowest BCUT2D eigenvalue weighted by atomic mass is 10.2. The van der Waals surface area contributed by atoms with Crippen LogP contribution in [0, 0.1) is 0 Å². The molecule has 1 saturated heterocycles. The molecule has 0 N–H and O–H groups in total. The van der Waals surface area contributed by atoms with Gasteiger partial charge < -0.3 is 18.9 Å². The summed E-state index contributed by atoms with van der Waals surface area (Å²) in [5, 5.41) is 0. The maximum Gasteiger partial charge on any atom is 0.508 e. The summed E-state index contributed by atoms with van der Waals surface area (Å²) in [7, 11) is 0. The van der Waals surface area contributed by atoms with Crippen LogP contribution in [0.25, 0.3) is 0 Å². The van der Waals surface area contributed by atoms with Gasteiger partial charge in [-0.1, -0.05) is 6.92 Å². The second-order valence-corrected chi connectivity index (χ2v) is 3.53. The molecular weight excluding hydrogens is 200 g/mol. The minimum Gasteiger partial charge on any atom is -0.435 e. The molecule has 0 radical (unpaired) electrons. The Morgan fingerprint density at radius 1 is 1.40 bits per heavy atom. The Hall–Kier alpha value is -0.810. The second-order valence-electron chi connectivity index (χ2n) is 3.53. The quantitative estimate of drug-likeness (QED) is 0.675. The summed E-state index contributed by atoms with van der Waals surface area (Å²) in [6.07, 6.45) is -0.280. The predicted octanol–water partition coefficient (Wildman–Crippen LogP) is 1.70. The highest BCUT2D eigenvalue weighted by Gasteiger charge is 2.33. The number of hydrogen-bond donors (Lipinski definition) is 0. The van der Waals surface area contributed by atoms with Crippen LogP contribution in [0.4, 0.5) is 4.79 Å². The minimum atomic E-state index is -0.671. The third-order valence-corrected chi connectivity index (χ3v) is 2.32. The van der Waals surface area contributed by atoms with Gasteiger partial charge in [0.15, 0.2) is 11.9 Å². The summed E-state index contributed by atoms with van der Waals surface area (Å²) in [5.41, 5.74) is 0. The van der Waals surface area contributed by atoms with Crippen LogP contribution >= 0.6 is 0 Å². The van der Waals surface area contributed by atoms with E-state index in [1.165, 1.54) is 0 Å². The van der Waals surface area contributed by atoms with Crippen LogP contribution in [0.5, 0.6) is 0 Å². The minimum absolute atomic E-state index is 0.305. The predicted molar refractivity (Wildman–Crippen MR) is 52.5 cm³/mol. The monoisotopic (exact) mass is 218 g/mol. The van der Waals surface area contributed by atoms with Gasteiger partial charge in [0, 0.05) is 0 Å². The summed E-state index contributed by atoms with van der Waals surface area (Å²) in [4.78, 5) is 11.0. The highest BCUT2D eigenvalue weighted by molar-refractivity contribution is 5.60. The number of carbonyl (C=O) groups excluding carboxylic acids is 1. The lowest BCUT2D eigenvalue weighted by Crippen LogP contribution is -2.45. The lowest BCUT2D eigenvalue weighted by Gasteiger charge is -2.36. The smallest absolute Gasteiger partial charge is 0.435 e. The van der Waals surface area contributed by atoms with Crippen molar-refractivity contribution >= 4 is 6.16 Å². The molecule has 0 amide bonds. The molecule has 15 heavy (non-hydrogen) atoms. The standard InChI is InChI=1S/C10H18O5/c1-4-10(3)13-6-8(7-14-10)15-9(11)12-5-2/h8H,4-7H2,1-3H3. The van der Waals surface area contributed by atoms with Crippen molar-refractivity contribution in [2.24, 2.45) is 0 Å². The fourth-order valence-corrected chi connectivity index (χ4v) is 1.19. The first kappa shape index (κ1) is 12.3. The first-order valence-corrected chi connectivity index (χ1v) is 5.21. The van der Waals surface area contributed by atoms with Gasteiger partial charge in [-0.05, 0) is 20.3 Å². The average molecular weight is 218 g/mol. The summed E-state index contributed by atoms with van der Waals surface area (Å²) < 4.78 is 20.5. The van der Waals surface area contributed by atoms with E-state index in [1.807, 2.05) is 13.8 Å². The van der Waals surface area contributed by atoms with Gasteiger partial charge in [0.05, 0.1) is 19.8 Å². The zero-order chi connectivity index (χ0) is 11.3. The Bertz CT molecular complexity index is 208. The summed E-state index contributed by atoms with van der Waals surface area (Å²) in [5.74, 6) is -0.547. The molecule has 0 bridgehead atoms. The molecule has 1 rings (SSSR count). The molecule has 1 heterocycles. The van der Waals surface area contributed by atoms with Crippen molar-refractivity contribution in [3.63, 3.8) is 0 Å². The van der Waals surface area contributed by atoms with Crippen molar-refractivity contribution in [1.82, 2.24) is 0 Å². The van der Waals surface area contributed by atoms with Crippen LogP contribution in [0.2, 0.25) is 0 Å². The molecule has 0 aromatic carbocycles.